The number of carbonyl (C=O) groups is 2. The van der Waals surface area contributed by atoms with E-state index in [1.807, 2.05) is 44.1 Å². The van der Waals surface area contributed by atoms with E-state index in [-0.39, 0.29) is 11.3 Å². The predicted molar refractivity (Wildman–Crippen MR) is 143 cm³/mol. The standard InChI is InChI=1S/C29H30N2O6/c1-17-7-13-22(35-4)21(15-17)27(32)25-26(18-8-14-23(36-5)24(16-18)37-6)31(29(34)28(25)33)20-11-9-19(10-12-20)30(2)3/h7-16,26,32H,1-6H3/b27-25+. The van der Waals surface area contributed by atoms with Gasteiger partial charge in [0.1, 0.15) is 11.5 Å². The Morgan fingerprint density at radius 2 is 1.46 bits per heavy atom. The van der Waals surface area contributed by atoms with Gasteiger partial charge in [0.2, 0.25) is 0 Å². The highest BCUT2D eigenvalue weighted by molar-refractivity contribution is 6.51. The highest BCUT2D eigenvalue weighted by atomic mass is 16.5. The smallest absolute Gasteiger partial charge is 0.300 e. The Morgan fingerprint density at radius 3 is 2.05 bits per heavy atom. The Bertz CT molecular complexity index is 1380. The van der Waals surface area contributed by atoms with Crippen molar-refractivity contribution in [3.63, 3.8) is 0 Å². The molecule has 1 saturated heterocycles. The Kier molecular flexibility index (Phi) is 7.11. The van der Waals surface area contributed by atoms with Gasteiger partial charge in [-0.15, -0.1) is 0 Å². The molecule has 1 amide bonds. The molecule has 4 rings (SSSR count). The van der Waals surface area contributed by atoms with Crippen molar-refractivity contribution in [1.82, 2.24) is 0 Å². The van der Waals surface area contributed by atoms with Gasteiger partial charge < -0.3 is 24.2 Å². The maximum absolute atomic E-state index is 13.5. The molecule has 1 aliphatic rings. The molecule has 0 bridgehead atoms. The van der Waals surface area contributed by atoms with Crippen molar-refractivity contribution in [2.24, 2.45) is 0 Å². The third-order valence-electron chi connectivity index (χ3n) is 6.42. The van der Waals surface area contributed by atoms with E-state index in [1.54, 1.807) is 42.5 Å². The Labute approximate surface area is 216 Å². The molecule has 1 N–H and O–H groups in total. The van der Waals surface area contributed by atoms with E-state index in [0.29, 0.717) is 34.1 Å². The molecule has 1 heterocycles. The lowest BCUT2D eigenvalue weighted by Crippen LogP contribution is -2.29. The van der Waals surface area contributed by atoms with Crippen LogP contribution >= 0.6 is 0 Å². The van der Waals surface area contributed by atoms with Crippen LogP contribution in [0.1, 0.15) is 22.7 Å². The number of benzene rings is 3. The number of aliphatic hydroxyl groups is 1. The minimum atomic E-state index is -0.921. The number of ether oxygens (including phenoxy) is 3. The molecule has 3 aromatic rings. The number of aliphatic hydroxyl groups excluding tert-OH is 1. The number of ketones is 1. The second-order valence-corrected chi connectivity index (χ2v) is 8.90. The minimum Gasteiger partial charge on any atom is -0.507 e. The summed E-state index contributed by atoms with van der Waals surface area (Å²) in [6, 6.07) is 16.8. The van der Waals surface area contributed by atoms with E-state index in [9.17, 15) is 14.7 Å². The lowest BCUT2D eigenvalue weighted by molar-refractivity contribution is -0.132. The van der Waals surface area contributed by atoms with Crippen molar-refractivity contribution in [2.45, 2.75) is 13.0 Å². The summed E-state index contributed by atoms with van der Waals surface area (Å²) < 4.78 is 16.3. The molecule has 0 aliphatic carbocycles. The van der Waals surface area contributed by atoms with Crippen molar-refractivity contribution < 1.29 is 28.9 Å². The van der Waals surface area contributed by atoms with Crippen LogP contribution in [0, 0.1) is 6.92 Å². The van der Waals surface area contributed by atoms with Gasteiger partial charge in [0.25, 0.3) is 11.7 Å². The molecule has 0 radical (unpaired) electrons. The zero-order valence-electron chi connectivity index (χ0n) is 21.7. The van der Waals surface area contributed by atoms with Crippen LogP contribution in [-0.2, 0) is 9.59 Å². The molecule has 3 aromatic carbocycles. The second kappa shape index (κ2) is 10.3. The van der Waals surface area contributed by atoms with Crippen LogP contribution in [0.25, 0.3) is 5.76 Å². The first kappa shape index (κ1) is 25.6. The fourth-order valence-electron chi connectivity index (χ4n) is 4.50. The van der Waals surface area contributed by atoms with E-state index in [1.165, 1.54) is 26.2 Å². The van der Waals surface area contributed by atoms with Crippen LogP contribution in [0.2, 0.25) is 0 Å². The van der Waals surface area contributed by atoms with Gasteiger partial charge in [0, 0.05) is 25.5 Å². The number of hydrogen-bond acceptors (Lipinski definition) is 7. The van der Waals surface area contributed by atoms with Crippen LogP contribution < -0.4 is 24.0 Å². The predicted octanol–water partition coefficient (Wildman–Crippen LogP) is 4.71. The monoisotopic (exact) mass is 502 g/mol. The number of Topliss-reactive ketones (excluding diaryl/α,β-unsaturated/α-hetero) is 1. The number of rotatable bonds is 7. The number of aryl methyl sites for hydroxylation is 1. The van der Waals surface area contributed by atoms with Gasteiger partial charge in [-0.05, 0) is 61.0 Å². The first-order chi connectivity index (χ1) is 17.7. The SMILES string of the molecule is COc1ccc(C2/C(=C(\O)c3cc(C)ccc3OC)C(=O)C(=O)N2c2ccc(N(C)C)cc2)cc1OC. The Hall–Kier alpha value is -4.46. The quantitative estimate of drug-likeness (QED) is 0.284. The fourth-order valence-corrected chi connectivity index (χ4v) is 4.50. The molecule has 0 saturated carbocycles. The van der Waals surface area contributed by atoms with Crippen molar-refractivity contribution in [3.05, 3.63) is 82.9 Å². The third kappa shape index (κ3) is 4.58. The zero-order valence-corrected chi connectivity index (χ0v) is 21.7. The normalized spacial score (nSPS) is 16.6. The molecular formula is C29H30N2O6. The van der Waals surface area contributed by atoms with Crippen molar-refractivity contribution in [1.29, 1.82) is 0 Å². The number of amides is 1. The van der Waals surface area contributed by atoms with Gasteiger partial charge in [-0.25, -0.2) is 0 Å². The highest BCUT2D eigenvalue weighted by Crippen LogP contribution is 2.45. The first-order valence-electron chi connectivity index (χ1n) is 11.7. The van der Waals surface area contributed by atoms with E-state index in [0.717, 1.165) is 11.3 Å². The Balaban J connectivity index is 1.98. The summed E-state index contributed by atoms with van der Waals surface area (Å²) >= 11 is 0. The average Bonchev–Trinajstić information content (AvgIpc) is 3.17. The summed E-state index contributed by atoms with van der Waals surface area (Å²) in [5, 5.41) is 11.5. The minimum absolute atomic E-state index is 0.0437. The van der Waals surface area contributed by atoms with Gasteiger partial charge in [-0.3, -0.25) is 14.5 Å². The molecule has 1 unspecified atom stereocenters. The summed E-state index contributed by atoms with van der Waals surface area (Å²) in [5.41, 5.74) is 3.17. The zero-order chi connectivity index (χ0) is 26.9. The van der Waals surface area contributed by atoms with Crippen LogP contribution in [0.3, 0.4) is 0 Å². The molecule has 0 aromatic heterocycles. The lowest BCUT2D eigenvalue weighted by atomic mass is 9.94. The van der Waals surface area contributed by atoms with E-state index < -0.39 is 17.7 Å². The van der Waals surface area contributed by atoms with Crippen molar-refractivity contribution in [2.75, 3.05) is 45.2 Å². The largest absolute Gasteiger partial charge is 0.507 e. The number of anilines is 2. The molecule has 8 nitrogen and oxygen atoms in total. The van der Waals surface area contributed by atoms with Crippen LogP contribution in [0.4, 0.5) is 11.4 Å². The molecule has 1 fully saturated rings. The van der Waals surface area contributed by atoms with Gasteiger partial charge in [-0.1, -0.05) is 17.7 Å². The molecular weight excluding hydrogens is 472 g/mol. The molecule has 0 spiro atoms. The van der Waals surface area contributed by atoms with Crippen LogP contribution in [0.5, 0.6) is 17.2 Å². The summed E-state index contributed by atoms with van der Waals surface area (Å²) in [4.78, 5) is 30.3. The molecule has 1 atom stereocenters. The molecule has 1 aliphatic heterocycles. The van der Waals surface area contributed by atoms with Crippen LogP contribution in [0.15, 0.2) is 66.2 Å². The maximum atomic E-state index is 13.5. The number of hydrogen-bond donors (Lipinski definition) is 1. The third-order valence-corrected chi connectivity index (χ3v) is 6.42. The summed E-state index contributed by atoms with van der Waals surface area (Å²) in [7, 11) is 8.36. The number of carbonyl (C=O) groups excluding carboxylic acids is 2. The van der Waals surface area contributed by atoms with Gasteiger partial charge >= 0.3 is 0 Å². The second-order valence-electron chi connectivity index (χ2n) is 8.90. The molecule has 192 valence electrons. The average molecular weight is 503 g/mol. The van der Waals surface area contributed by atoms with Crippen LogP contribution in [-0.4, -0.2) is 52.2 Å². The number of nitrogens with zero attached hydrogens (tertiary/aromatic N) is 2. The van der Waals surface area contributed by atoms with Gasteiger partial charge in [0.15, 0.2) is 11.5 Å². The first-order valence-corrected chi connectivity index (χ1v) is 11.7. The van der Waals surface area contributed by atoms with Crippen molar-refractivity contribution in [3.8, 4) is 17.2 Å². The van der Waals surface area contributed by atoms with E-state index in [4.69, 9.17) is 14.2 Å². The van der Waals surface area contributed by atoms with E-state index in [2.05, 4.69) is 0 Å². The van der Waals surface area contributed by atoms with E-state index >= 15 is 0 Å². The lowest BCUT2D eigenvalue weighted by Gasteiger charge is -2.26. The highest BCUT2D eigenvalue weighted by Gasteiger charge is 2.47. The summed E-state index contributed by atoms with van der Waals surface area (Å²) in [6.45, 7) is 1.87. The van der Waals surface area contributed by atoms with Gasteiger partial charge in [-0.2, -0.15) is 0 Å². The number of methoxy groups -OCH3 is 3. The fraction of sp³-hybridized carbons (Fsp3) is 0.241. The Morgan fingerprint density at radius 1 is 0.838 bits per heavy atom. The van der Waals surface area contributed by atoms with Crippen molar-refractivity contribution >= 4 is 28.8 Å². The van der Waals surface area contributed by atoms with Gasteiger partial charge in [0.05, 0.1) is 38.5 Å². The topological polar surface area (TPSA) is 88.5 Å². The summed E-state index contributed by atoms with van der Waals surface area (Å²) in [6.07, 6.45) is 0. The maximum Gasteiger partial charge on any atom is 0.300 e. The summed E-state index contributed by atoms with van der Waals surface area (Å²) in [5.74, 6) is -0.537. The molecule has 37 heavy (non-hydrogen) atoms. The molecule has 8 heteroatoms.